The molecule has 0 aliphatic carbocycles. The molecular formula is C19H20N2O5S. The molecule has 27 heavy (non-hydrogen) atoms. The van der Waals surface area contributed by atoms with E-state index in [0.29, 0.717) is 43.4 Å². The van der Waals surface area contributed by atoms with Gasteiger partial charge in [-0.25, -0.2) is 8.42 Å². The molecule has 1 fully saturated rings. The van der Waals surface area contributed by atoms with Gasteiger partial charge in [0, 0.05) is 36.8 Å². The maximum absolute atomic E-state index is 12.7. The molecule has 0 aromatic heterocycles. The normalized spacial score (nSPS) is 16.9. The first-order valence-corrected chi connectivity index (χ1v) is 10.3. The first-order valence-electron chi connectivity index (χ1n) is 8.86. The van der Waals surface area contributed by atoms with E-state index in [1.54, 1.807) is 35.2 Å². The first kappa shape index (κ1) is 17.7. The van der Waals surface area contributed by atoms with Gasteiger partial charge in [-0.3, -0.25) is 9.52 Å². The molecule has 0 radical (unpaired) electrons. The molecule has 7 nitrogen and oxygen atoms in total. The summed E-state index contributed by atoms with van der Waals surface area (Å²) in [5.41, 5.74) is 1.20. The van der Waals surface area contributed by atoms with E-state index in [2.05, 4.69) is 4.72 Å². The Labute approximate surface area is 157 Å². The maximum atomic E-state index is 12.7. The van der Waals surface area contributed by atoms with Crippen molar-refractivity contribution < 1.29 is 22.7 Å². The fraction of sp³-hybridized carbons (Fsp3) is 0.316. The van der Waals surface area contributed by atoms with Crippen LogP contribution in [0.25, 0.3) is 0 Å². The highest BCUT2D eigenvalue weighted by molar-refractivity contribution is 7.92. The van der Waals surface area contributed by atoms with Crippen LogP contribution in [-0.4, -0.2) is 34.1 Å². The number of benzene rings is 2. The van der Waals surface area contributed by atoms with Crippen molar-refractivity contribution in [1.82, 2.24) is 0 Å². The van der Waals surface area contributed by atoms with Crippen molar-refractivity contribution in [1.29, 1.82) is 0 Å². The van der Waals surface area contributed by atoms with Crippen LogP contribution in [0.4, 0.5) is 11.4 Å². The lowest BCUT2D eigenvalue weighted by molar-refractivity contribution is -0.117. The van der Waals surface area contributed by atoms with Crippen molar-refractivity contribution in [2.45, 2.75) is 24.2 Å². The van der Waals surface area contributed by atoms with Gasteiger partial charge in [-0.15, -0.1) is 0 Å². The number of hydrogen-bond donors (Lipinski definition) is 1. The molecule has 4 rings (SSSR count). The number of carbonyl (C=O) groups is 1. The van der Waals surface area contributed by atoms with Gasteiger partial charge >= 0.3 is 0 Å². The molecule has 1 saturated heterocycles. The summed E-state index contributed by atoms with van der Waals surface area (Å²) in [5.74, 6) is 1.07. The molecular weight excluding hydrogens is 368 g/mol. The minimum absolute atomic E-state index is 0.0931. The zero-order valence-electron chi connectivity index (χ0n) is 14.7. The number of sulfonamides is 1. The summed E-state index contributed by atoms with van der Waals surface area (Å²) < 4.78 is 39.0. The number of fused-ring (bicyclic) bond motifs is 1. The van der Waals surface area contributed by atoms with Crippen LogP contribution in [0.15, 0.2) is 47.4 Å². The molecule has 142 valence electrons. The summed E-state index contributed by atoms with van der Waals surface area (Å²) in [5, 5.41) is 0. The van der Waals surface area contributed by atoms with E-state index in [9.17, 15) is 13.2 Å². The van der Waals surface area contributed by atoms with Gasteiger partial charge in [0.05, 0.1) is 18.1 Å². The van der Waals surface area contributed by atoms with Gasteiger partial charge in [-0.2, -0.15) is 0 Å². The zero-order chi connectivity index (χ0) is 18.9. The van der Waals surface area contributed by atoms with Crippen LogP contribution in [0.2, 0.25) is 0 Å². The second kappa shape index (κ2) is 7.11. The number of nitrogens with one attached hydrogen (secondary N) is 1. The lowest BCUT2D eigenvalue weighted by Crippen LogP contribution is -2.23. The first-order chi connectivity index (χ1) is 13.0. The Hall–Kier alpha value is -2.74. The summed E-state index contributed by atoms with van der Waals surface area (Å²) in [4.78, 5) is 13.6. The van der Waals surface area contributed by atoms with Crippen molar-refractivity contribution in [3.8, 4) is 11.5 Å². The number of nitrogens with zero attached hydrogens (tertiary/aromatic N) is 1. The third kappa shape index (κ3) is 3.71. The van der Waals surface area contributed by atoms with Crippen LogP contribution >= 0.6 is 0 Å². The van der Waals surface area contributed by atoms with Gasteiger partial charge in [0.2, 0.25) is 5.91 Å². The fourth-order valence-corrected chi connectivity index (χ4v) is 4.23. The number of rotatable bonds is 4. The zero-order valence-corrected chi connectivity index (χ0v) is 15.5. The van der Waals surface area contributed by atoms with Crippen LogP contribution in [0.5, 0.6) is 11.5 Å². The highest BCUT2D eigenvalue weighted by atomic mass is 32.2. The molecule has 2 aromatic carbocycles. The van der Waals surface area contributed by atoms with E-state index in [1.165, 1.54) is 12.1 Å². The van der Waals surface area contributed by atoms with Gasteiger partial charge in [-0.1, -0.05) is 0 Å². The summed E-state index contributed by atoms with van der Waals surface area (Å²) >= 11 is 0. The third-order valence-electron chi connectivity index (χ3n) is 4.53. The van der Waals surface area contributed by atoms with Crippen LogP contribution in [0.3, 0.4) is 0 Å². The largest absolute Gasteiger partial charge is 0.490 e. The van der Waals surface area contributed by atoms with Gasteiger partial charge in [0.15, 0.2) is 11.5 Å². The average molecular weight is 388 g/mol. The molecule has 2 aromatic rings. The Bertz CT molecular complexity index is 957. The average Bonchev–Trinajstić information content (AvgIpc) is 2.94. The highest BCUT2D eigenvalue weighted by Crippen LogP contribution is 2.32. The Morgan fingerprint density at radius 2 is 1.67 bits per heavy atom. The minimum Gasteiger partial charge on any atom is -0.490 e. The van der Waals surface area contributed by atoms with Crippen LogP contribution in [-0.2, 0) is 14.8 Å². The molecule has 1 N–H and O–H groups in total. The lowest BCUT2D eigenvalue weighted by atomic mass is 10.2. The molecule has 0 saturated carbocycles. The maximum Gasteiger partial charge on any atom is 0.262 e. The van der Waals surface area contributed by atoms with Crippen LogP contribution in [0.1, 0.15) is 19.3 Å². The van der Waals surface area contributed by atoms with E-state index in [-0.39, 0.29) is 10.8 Å². The van der Waals surface area contributed by atoms with Crippen molar-refractivity contribution in [2.24, 2.45) is 0 Å². The summed E-state index contributed by atoms with van der Waals surface area (Å²) in [6.07, 6.45) is 2.15. The molecule has 2 aliphatic rings. The topological polar surface area (TPSA) is 84.9 Å². The van der Waals surface area contributed by atoms with Gasteiger partial charge < -0.3 is 14.4 Å². The predicted octanol–water partition coefficient (Wildman–Crippen LogP) is 2.78. The van der Waals surface area contributed by atoms with Gasteiger partial charge in [0.1, 0.15) is 0 Å². The van der Waals surface area contributed by atoms with E-state index >= 15 is 0 Å². The van der Waals surface area contributed by atoms with Crippen molar-refractivity contribution in [3.05, 3.63) is 42.5 Å². The Kier molecular flexibility index (Phi) is 4.65. The summed E-state index contributed by atoms with van der Waals surface area (Å²) in [6.45, 7) is 1.73. The van der Waals surface area contributed by atoms with E-state index in [0.717, 1.165) is 18.5 Å². The lowest BCUT2D eigenvalue weighted by Gasteiger charge is -2.16. The Morgan fingerprint density at radius 3 is 2.37 bits per heavy atom. The molecule has 8 heteroatoms. The fourth-order valence-electron chi connectivity index (χ4n) is 3.16. The second-order valence-electron chi connectivity index (χ2n) is 6.46. The van der Waals surface area contributed by atoms with Gasteiger partial charge in [-0.05, 0) is 42.8 Å². The van der Waals surface area contributed by atoms with Crippen LogP contribution < -0.4 is 19.1 Å². The Balaban J connectivity index is 1.53. The molecule has 2 heterocycles. The molecule has 0 spiro atoms. The van der Waals surface area contributed by atoms with Crippen molar-refractivity contribution in [2.75, 3.05) is 29.4 Å². The monoisotopic (exact) mass is 388 g/mol. The molecule has 0 bridgehead atoms. The third-order valence-corrected chi connectivity index (χ3v) is 5.91. The Morgan fingerprint density at radius 1 is 0.926 bits per heavy atom. The molecule has 1 amide bonds. The molecule has 2 aliphatic heterocycles. The van der Waals surface area contributed by atoms with E-state index in [4.69, 9.17) is 9.47 Å². The highest BCUT2D eigenvalue weighted by Gasteiger charge is 2.22. The number of amides is 1. The number of anilines is 2. The summed E-state index contributed by atoms with van der Waals surface area (Å²) in [7, 11) is -3.77. The van der Waals surface area contributed by atoms with Gasteiger partial charge in [0.25, 0.3) is 10.0 Å². The number of hydrogen-bond acceptors (Lipinski definition) is 5. The number of carbonyl (C=O) groups excluding carboxylic acids is 1. The molecule has 0 atom stereocenters. The SMILES string of the molecule is O=C1CCCN1c1ccc(NS(=O)(=O)c2ccc3c(c2)OCCCO3)cc1. The van der Waals surface area contributed by atoms with E-state index in [1.807, 2.05) is 0 Å². The van der Waals surface area contributed by atoms with Crippen molar-refractivity contribution >= 4 is 27.3 Å². The second-order valence-corrected chi connectivity index (χ2v) is 8.14. The predicted molar refractivity (Wildman–Crippen MR) is 101 cm³/mol. The standard InChI is InChI=1S/C19H20N2O5S/c22-19-3-1-10-21(19)15-6-4-14(5-7-15)20-27(23,24)16-8-9-17-18(13-16)26-12-2-11-25-17/h4-9,13,20H,1-3,10-12H2. The quantitative estimate of drug-likeness (QED) is 0.871. The molecule has 0 unspecified atom stereocenters. The minimum atomic E-state index is -3.77. The van der Waals surface area contributed by atoms with Crippen molar-refractivity contribution in [3.63, 3.8) is 0 Å². The summed E-state index contributed by atoms with van der Waals surface area (Å²) in [6, 6.07) is 11.4. The number of ether oxygens (including phenoxy) is 2. The van der Waals surface area contributed by atoms with Crippen LogP contribution in [0, 0.1) is 0 Å². The smallest absolute Gasteiger partial charge is 0.262 e. The van der Waals surface area contributed by atoms with E-state index < -0.39 is 10.0 Å².